The number of nitrogens with one attached hydrogen (secondary N) is 2. The fraction of sp³-hybridized carbons (Fsp3) is 0.727. The number of carbonyl (C=O) groups is 1. The van der Waals surface area contributed by atoms with Crippen molar-refractivity contribution in [2.24, 2.45) is 5.92 Å². The number of rotatable bonds is 5. The fourth-order valence-electron chi connectivity index (χ4n) is 1.83. The second-order valence-electron chi connectivity index (χ2n) is 4.23. The Hall–Kier alpha value is -1.43. The molecule has 1 aromatic heterocycles. The molecule has 94 valence electrons. The largest absolute Gasteiger partial charge is 0.381 e. The van der Waals surface area contributed by atoms with Crippen molar-refractivity contribution in [2.45, 2.75) is 26.2 Å². The molecule has 2 N–H and O–H groups in total. The minimum absolute atomic E-state index is 0.208. The minimum Gasteiger partial charge on any atom is -0.381 e. The van der Waals surface area contributed by atoms with Crippen LogP contribution in [0, 0.1) is 5.92 Å². The van der Waals surface area contributed by atoms with Crippen molar-refractivity contribution in [1.82, 2.24) is 20.5 Å². The normalized spacial score (nSPS) is 19.5. The van der Waals surface area contributed by atoms with Crippen LogP contribution in [-0.4, -0.2) is 40.8 Å². The first-order valence-electron chi connectivity index (χ1n) is 6.06. The van der Waals surface area contributed by atoms with Crippen molar-refractivity contribution in [3.05, 3.63) is 11.6 Å². The average molecular weight is 238 g/mol. The Labute approximate surface area is 100 Å². The van der Waals surface area contributed by atoms with Crippen LogP contribution in [0.25, 0.3) is 0 Å². The molecule has 1 unspecified atom stereocenters. The van der Waals surface area contributed by atoms with E-state index in [2.05, 4.69) is 20.5 Å². The van der Waals surface area contributed by atoms with Gasteiger partial charge in [-0.2, -0.15) is 0 Å². The number of aromatic nitrogens is 3. The monoisotopic (exact) mass is 238 g/mol. The van der Waals surface area contributed by atoms with Crippen molar-refractivity contribution in [3.8, 4) is 0 Å². The molecule has 0 aliphatic carbocycles. The Morgan fingerprint density at radius 1 is 1.65 bits per heavy atom. The van der Waals surface area contributed by atoms with Crippen LogP contribution in [0.4, 0.5) is 0 Å². The average Bonchev–Trinajstić information content (AvgIpc) is 2.99. The Bertz CT molecular complexity index is 371. The van der Waals surface area contributed by atoms with Crippen molar-refractivity contribution >= 4 is 5.91 Å². The number of aryl methyl sites for hydroxylation is 1. The summed E-state index contributed by atoms with van der Waals surface area (Å²) in [4.78, 5) is 15.7. The van der Waals surface area contributed by atoms with Gasteiger partial charge in [0.15, 0.2) is 0 Å². The zero-order chi connectivity index (χ0) is 12.1. The van der Waals surface area contributed by atoms with Crippen LogP contribution in [0.3, 0.4) is 0 Å². The third-order valence-electron chi connectivity index (χ3n) is 2.93. The zero-order valence-electron chi connectivity index (χ0n) is 10.0. The van der Waals surface area contributed by atoms with Crippen LogP contribution >= 0.6 is 0 Å². The minimum atomic E-state index is -0.208. The first-order chi connectivity index (χ1) is 8.29. The van der Waals surface area contributed by atoms with Gasteiger partial charge in [0.2, 0.25) is 5.82 Å². The Morgan fingerprint density at radius 3 is 3.18 bits per heavy atom. The first-order valence-corrected chi connectivity index (χ1v) is 6.06. The van der Waals surface area contributed by atoms with E-state index in [0.29, 0.717) is 12.5 Å². The molecule has 0 aromatic carbocycles. The predicted octanol–water partition coefficient (Wildman–Crippen LogP) is 0.523. The van der Waals surface area contributed by atoms with Gasteiger partial charge in [-0.15, -0.1) is 5.10 Å². The van der Waals surface area contributed by atoms with Crippen LogP contribution in [0.2, 0.25) is 0 Å². The second kappa shape index (κ2) is 5.77. The molecule has 6 nitrogen and oxygen atoms in total. The van der Waals surface area contributed by atoms with E-state index in [1.807, 2.05) is 6.92 Å². The lowest BCUT2D eigenvalue weighted by Gasteiger charge is -2.07. The van der Waals surface area contributed by atoms with Crippen LogP contribution in [0.1, 0.15) is 36.2 Å². The van der Waals surface area contributed by atoms with E-state index in [1.54, 1.807) is 0 Å². The third-order valence-corrected chi connectivity index (χ3v) is 2.93. The SMILES string of the molecule is CCc1nc(C(=O)NCCC2CCOC2)n[nH]1. The van der Waals surface area contributed by atoms with Gasteiger partial charge in [0.25, 0.3) is 5.91 Å². The maximum atomic E-state index is 11.7. The quantitative estimate of drug-likeness (QED) is 0.784. The van der Waals surface area contributed by atoms with Crippen molar-refractivity contribution in [2.75, 3.05) is 19.8 Å². The van der Waals surface area contributed by atoms with Gasteiger partial charge < -0.3 is 10.1 Å². The van der Waals surface area contributed by atoms with Gasteiger partial charge in [0.1, 0.15) is 5.82 Å². The first kappa shape index (κ1) is 12.0. The standard InChI is InChI=1S/C11H18N4O2/c1-2-9-13-10(15-14-9)11(16)12-5-3-8-4-6-17-7-8/h8H,2-7H2,1H3,(H,12,16)(H,13,14,15). The molecule has 1 fully saturated rings. The van der Waals surface area contributed by atoms with Crippen molar-refractivity contribution < 1.29 is 9.53 Å². The fourth-order valence-corrected chi connectivity index (χ4v) is 1.83. The van der Waals surface area contributed by atoms with E-state index in [-0.39, 0.29) is 11.7 Å². The Morgan fingerprint density at radius 2 is 2.53 bits per heavy atom. The number of ether oxygens (including phenoxy) is 1. The van der Waals surface area contributed by atoms with E-state index in [1.165, 1.54) is 0 Å². The molecule has 2 rings (SSSR count). The molecule has 17 heavy (non-hydrogen) atoms. The molecule has 0 bridgehead atoms. The molecule has 1 aromatic rings. The predicted molar refractivity (Wildman–Crippen MR) is 61.6 cm³/mol. The van der Waals surface area contributed by atoms with Gasteiger partial charge in [0.05, 0.1) is 0 Å². The molecular formula is C11H18N4O2. The van der Waals surface area contributed by atoms with Gasteiger partial charge in [0, 0.05) is 26.2 Å². The number of nitrogens with zero attached hydrogens (tertiary/aromatic N) is 2. The van der Waals surface area contributed by atoms with Gasteiger partial charge in [-0.3, -0.25) is 9.89 Å². The summed E-state index contributed by atoms with van der Waals surface area (Å²) in [5.41, 5.74) is 0. The van der Waals surface area contributed by atoms with Gasteiger partial charge in [-0.1, -0.05) is 6.92 Å². The number of carbonyl (C=O) groups excluding carboxylic acids is 1. The molecule has 6 heteroatoms. The highest BCUT2D eigenvalue weighted by molar-refractivity contribution is 5.90. The molecule has 1 aliphatic rings. The number of aromatic amines is 1. The van der Waals surface area contributed by atoms with Gasteiger partial charge in [-0.05, 0) is 18.8 Å². The van der Waals surface area contributed by atoms with Crippen LogP contribution in [-0.2, 0) is 11.2 Å². The molecule has 2 heterocycles. The molecule has 0 saturated carbocycles. The van der Waals surface area contributed by atoms with Gasteiger partial charge >= 0.3 is 0 Å². The Kier molecular flexibility index (Phi) is 4.08. The number of hydrogen-bond acceptors (Lipinski definition) is 4. The number of H-pyrrole nitrogens is 1. The highest BCUT2D eigenvalue weighted by Gasteiger charge is 2.16. The highest BCUT2D eigenvalue weighted by atomic mass is 16.5. The summed E-state index contributed by atoms with van der Waals surface area (Å²) in [6.45, 7) is 4.28. The molecule has 1 amide bonds. The molecule has 1 aliphatic heterocycles. The summed E-state index contributed by atoms with van der Waals surface area (Å²) in [7, 11) is 0. The van der Waals surface area contributed by atoms with E-state index in [0.717, 1.165) is 38.3 Å². The molecule has 0 radical (unpaired) electrons. The maximum Gasteiger partial charge on any atom is 0.290 e. The summed E-state index contributed by atoms with van der Waals surface area (Å²) < 4.78 is 5.27. The lowest BCUT2D eigenvalue weighted by Crippen LogP contribution is -2.27. The summed E-state index contributed by atoms with van der Waals surface area (Å²) in [5.74, 6) is 1.33. The smallest absolute Gasteiger partial charge is 0.290 e. The van der Waals surface area contributed by atoms with Crippen LogP contribution in [0.15, 0.2) is 0 Å². The van der Waals surface area contributed by atoms with Crippen LogP contribution < -0.4 is 5.32 Å². The molecule has 1 saturated heterocycles. The summed E-state index contributed by atoms with van der Waals surface area (Å²) >= 11 is 0. The van der Waals surface area contributed by atoms with Crippen molar-refractivity contribution in [1.29, 1.82) is 0 Å². The lowest BCUT2D eigenvalue weighted by atomic mass is 10.1. The van der Waals surface area contributed by atoms with E-state index in [4.69, 9.17) is 4.74 Å². The van der Waals surface area contributed by atoms with E-state index >= 15 is 0 Å². The van der Waals surface area contributed by atoms with Gasteiger partial charge in [-0.25, -0.2) is 4.98 Å². The summed E-state index contributed by atoms with van der Waals surface area (Å²) in [6.07, 6.45) is 2.80. The third kappa shape index (κ3) is 3.26. The summed E-state index contributed by atoms with van der Waals surface area (Å²) in [5, 5.41) is 9.41. The van der Waals surface area contributed by atoms with Crippen LogP contribution in [0.5, 0.6) is 0 Å². The lowest BCUT2D eigenvalue weighted by molar-refractivity contribution is 0.0940. The van der Waals surface area contributed by atoms with Crippen molar-refractivity contribution in [3.63, 3.8) is 0 Å². The zero-order valence-corrected chi connectivity index (χ0v) is 10.0. The summed E-state index contributed by atoms with van der Waals surface area (Å²) in [6, 6.07) is 0. The molecular weight excluding hydrogens is 220 g/mol. The second-order valence-corrected chi connectivity index (χ2v) is 4.23. The van der Waals surface area contributed by atoms with E-state index < -0.39 is 0 Å². The number of hydrogen-bond donors (Lipinski definition) is 2. The molecule has 0 spiro atoms. The molecule has 1 atom stereocenters. The highest BCUT2D eigenvalue weighted by Crippen LogP contribution is 2.15. The maximum absolute atomic E-state index is 11.7. The Balaban J connectivity index is 1.72. The number of amides is 1. The van der Waals surface area contributed by atoms with E-state index in [9.17, 15) is 4.79 Å². The topological polar surface area (TPSA) is 79.9 Å².